The molecule has 3 aromatic rings. The second kappa shape index (κ2) is 9.98. The number of aromatic nitrogens is 1. The van der Waals surface area contributed by atoms with E-state index in [1.807, 2.05) is 47.5 Å². The van der Waals surface area contributed by atoms with Crippen LogP contribution in [-0.2, 0) is 17.8 Å². The fourth-order valence-corrected chi connectivity index (χ4v) is 3.80. The molecule has 0 saturated carbocycles. The zero-order chi connectivity index (χ0) is 23.3. The summed E-state index contributed by atoms with van der Waals surface area (Å²) >= 11 is 0. The topological polar surface area (TPSA) is 63.8 Å². The lowest BCUT2D eigenvalue weighted by Crippen LogP contribution is -2.34. The van der Waals surface area contributed by atoms with Gasteiger partial charge in [0.2, 0.25) is 5.91 Å². The van der Waals surface area contributed by atoms with Crippen LogP contribution in [0.3, 0.4) is 0 Å². The molecule has 6 nitrogen and oxygen atoms in total. The molecule has 0 spiro atoms. The van der Waals surface area contributed by atoms with Gasteiger partial charge in [0.05, 0.1) is 21.3 Å². The fourth-order valence-electron chi connectivity index (χ4n) is 3.80. The highest BCUT2D eigenvalue weighted by molar-refractivity contribution is 5.84. The van der Waals surface area contributed by atoms with Gasteiger partial charge in [0, 0.05) is 36.6 Å². The van der Waals surface area contributed by atoms with Gasteiger partial charge in [-0.3, -0.25) is 4.79 Å². The number of carbonyl (C=O) groups is 1. The van der Waals surface area contributed by atoms with E-state index in [1.165, 1.54) is 5.56 Å². The van der Waals surface area contributed by atoms with Gasteiger partial charge in [-0.15, -0.1) is 0 Å². The van der Waals surface area contributed by atoms with Crippen molar-refractivity contribution < 1.29 is 19.0 Å². The van der Waals surface area contributed by atoms with Gasteiger partial charge in [-0.1, -0.05) is 26.8 Å². The van der Waals surface area contributed by atoms with Crippen LogP contribution in [0.5, 0.6) is 17.2 Å². The number of methoxy groups -OCH3 is 3. The highest BCUT2D eigenvalue weighted by atomic mass is 16.5. The first-order valence-corrected chi connectivity index (χ1v) is 10.9. The van der Waals surface area contributed by atoms with Gasteiger partial charge < -0.3 is 24.1 Å². The first-order chi connectivity index (χ1) is 15.2. The van der Waals surface area contributed by atoms with Crippen molar-refractivity contribution >= 4 is 16.8 Å². The Labute approximate surface area is 190 Å². The molecule has 1 heterocycles. The van der Waals surface area contributed by atoms with Gasteiger partial charge in [0.1, 0.15) is 5.75 Å². The summed E-state index contributed by atoms with van der Waals surface area (Å²) in [6.45, 7) is 7.40. The molecule has 0 aliphatic rings. The number of H-pyrrole nitrogens is 1. The van der Waals surface area contributed by atoms with Crippen LogP contribution in [0.4, 0.5) is 0 Å². The van der Waals surface area contributed by atoms with Gasteiger partial charge in [-0.25, -0.2) is 0 Å². The zero-order valence-corrected chi connectivity index (χ0v) is 20.0. The Morgan fingerprint density at radius 1 is 0.969 bits per heavy atom. The van der Waals surface area contributed by atoms with E-state index in [4.69, 9.17) is 14.2 Å². The molecule has 0 fully saturated rings. The van der Waals surface area contributed by atoms with Crippen molar-refractivity contribution in [2.45, 2.75) is 40.2 Å². The summed E-state index contributed by atoms with van der Waals surface area (Å²) in [6.07, 6.45) is 3.26. The predicted octanol–water partition coefficient (Wildman–Crippen LogP) is 5.20. The number of hydrogen-bond donors (Lipinski definition) is 1. The predicted molar refractivity (Wildman–Crippen MR) is 128 cm³/mol. The molecule has 0 unspecified atom stereocenters. The van der Waals surface area contributed by atoms with Crippen LogP contribution in [-0.4, -0.2) is 43.7 Å². The minimum Gasteiger partial charge on any atom is -0.497 e. The molecule has 0 aliphatic heterocycles. The van der Waals surface area contributed by atoms with E-state index < -0.39 is 0 Å². The average Bonchev–Trinajstić information content (AvgIpc) is 3.17. The molecule has 0 bridgehead atoms. The quantitative estimate of drug-likeness (QED) is 0.499. The normalized spacial score (nSPS) is 11.4. The number of carbonyl (C=O) groups excluding carboxylic acids is 1. The van der Waals surface area contributed by atoms with Gasteiger partial charge in [-0.2, -0.15) is 0 Å². The van der Waals surface area contributed by atoms with Gasteiger partial charge in [-0.05, 0) is 53.3 Å². The van der Waals surface area contributed by atoms with Crippen molar-refractivity contribution in [3.63, 3.8) is 0 Å². The van der Waals surface area contributed by atoms with Crippen LogP contribution in [0.15, 0.2) is 42.6 Å². The van der Waals surface area contributed by atoms with E-state index >= 15 is 0 Å². The molecule has 172 valence electrons. The molecule has 0 saturated heterocycles. The zero-order valence-electron chi connectivity index (χ0n) is 20.0. The van der Waals surface area contributed by atoms with Gasteiger partial charge in [0.15, 0.2) is 11.5 Å². The summed E-state index contributed by atoms with van der Waals surface area (Å²) in [6, 6.07) is 11.8. The molecule has 1 aromatic heterocycles. The van der Waals surface area contributed by atoms with E-state index in [2.05, 4.69) is 25.8 Å². The molecule has 0 aliphatic carbocycles. The van der Waals surface area contributed by atoms with Crippen molar-refractivity contribution in [2.24, 2.45) is 5.41 Å². The molecule has 1 amide bonds. The molecule has 0 radical (unpaired) electrons. The lowest BCUT2D eigenvalue weighted by atomic mass is 9.91. The lowest BCUT2D eigenvalue weighted by Gasteiger charge is -2.27. The number of fused-ring (bicyclic) bond motifs is 1. The fraction of sp³-hybridized carbons (Fsp3) is 0.423. The number of aromatic amines is 1. The smallest absolute Gasteiger partial charge is 0.223 e. The lowest BCUT2D eigenvalue weighted by molar-refractivity contribution is -0.133. The number of nitrogens with one attached hydrogen (secondary N) is 1. The Kier molecular flexibility index (Phi) is 7.33. The SMILES string of the molecule is COc1ccc2[nH]cc(CCN(Cc3ccc(OC)c(OC)c3)C(=O)CC(C)(C)C)c2c1. The standard InChI is InChI=1S/C26H34N2O4/c1-26(2,3)15-25(29)28(17-18-7-10-23(31-5)24(13-18)32-6)12-11-19-16-27-22-9-8-20(30-4)14-21(19)22/h7-10,13-14,16,27H,11-12,15,17H2,1-6H3. The van der Waals surface area contributed by atoms with Gasteiger partial charge >= 0.3 is 0 Å². The van der Waals surface area contributed by atoms with Crippen LogP contribution in [0.1, 0.15) is 38.3 Å². The third kappa shape index (κ3) is 5.75. The molecule has 1 N–H and O–H groups in total. The van der Waals surface area contributed by atoms with E-state index in [0.717, 1.165) is 28.6 Å². The number of rotatable bonds is 9. The molecular formula is C26H34N2O4. The third-order valence-electron chi connectivity index (χ3n) is 5.48. The summed E-state index contributed by atoms with van der Waals surface area (Å²) in [5.41, 5.74) is 3.15. The summed E-state index contributed by atoms with van der Waals surface area (Å²) in [7, 11) is 4.91. The maximum Gasteiger partial charge on any atom is 0.223 e. The largest absolute Gasteiger partial charge is 0.497 e. The number of amides is 1. The van der Waals surface area contributed by atoms with Crippen LogP contribution >= 0.6 is 0 Å². The number of hydrogen-bond acceptors (Lipinski definition) is 4. The third-order valence-corrected chi connectivity index (χ3v) is 5.48. The second-order valence-electron chi connectivity index (χ2n) is 9.22. The van der Waals surface area contributed by atoms with Crippen molar-refractivity contribution in [2.75, 3.05) is 27.9 Å². The van der Waals surface area contributed by atoms with Crippen molar-refractivity contribution in [3.05, 3.63) is 53.7 Å². The summed E-state index contributed by atoms with van der Waals surface area (Å²) in [4.78, 5) is 18.5. The minimum absolute atomic E-state index is 0.0823. The summed E-state index contributed by atoms with van der Waals surface area (Å²) < 4.78 is 16.2. The molecule has 6 heteroatoms. The first-order valence-electron chi connectivity index (χ1n) is 10.9. The van der Waals surface area contributed by atoms with Crippen molar-refractivity contribution in [1.29, 1.82) is 0 Å². The highest BCUT2D eigenvalue weighted by Gasteiger charge is 2.22. The van der Waals surface area contributed by atoms with Crippen LogP contribution < -0.4 is 14.2 Å². The van der Waals surface area contributed by atoms with Crippen LogP contribution in [0.25, 0.3) is 10.9 Å². The van der Waals surface area contributed by atoms with E-state index in [1.54, 1.807) is 21.3 Å². The van der Waals surface area contributed by atoms with E-state index in [9.17, 15) is 4.79 Å². The maximum atomic E-state index is 13.2. The molecule has 2 aromatic carbocycles. The average molecular weight is 439 g/mol. The first kappa shape index (κ1) is 23.5. The van der Waals surface area contributed by atoms with Crippen LogP contribution in [0, 0.1) is 5.41 Å². The van der Waals surface area contributed by atoms with E-state index in [-0.39, 0.29) is 11.3 Å². The molecule has 3 rings (SSSR count). The number of nitrogens with zero attached hydrogens (tertiary/aromatic N) is 1. The summed E-state index contributed by atoms with van der Waals surface area (Å²) in [5, 5.41) is 1.12. The Bertz CT molecular complexity index is 1070. The van der Waals surface area contributed by atoms with Crippen molar-refractivity contribution in [3.8, 4) is 17.2 Å². The highest BCUT2D eigenvalue weighted by Crippen LogP contribution is 2.29. The Morgan fingerprint density at radius 3 is 2.38 bits per heavy atom. The van der Waals surface area contributed by atoms with Crippen molar-refractivity contribution in [1.82, 2.24) is 9.88 Å². The second-order valence-corrected chi connectivity index (χ2v) is 9.22. The molecule has 32 heavy (non-hydrogen) atoms. The Morgan fingerprint density at radius 2 is 1.72 bits per heavy atom. The van der Waals surface area contributed by atoms with Crippen LogP contribution in [0.2, 0.25) is 0 Å². The Balaban J connectivity index is 1.83. The molecule has 0 atom stereocenters. The Hall–Kier alpha value is -3.15. The number of ether oxygens (including phenoxy) is 3. The van der Waals surface area contributed by atoms with Gasteiger partial charge in [0.25, 0.3) is 0 Å². The van der Waals surface area contributed by atoms with E-state index in [0.29, 0.717) is 31.0 Å². The maximum absolute atomic E-state index is 13.2. The summed E-state index contributed by atoms with van der Waals surface area (Å²) in [5.74, 6) is 2.31. The number of benzene rings is 2. The molecular weight excluding hydrogens is 404 g/mol. The minimum atomic E-state index is -0.0823. The monoisotopic (exact) mass is 438 g/mol.